The fraction of sp³-hybridized carbons (Fsp3) is 0.167. The minimum Gasteiger partial charge on any atom is -0.494 e. The molecule has 4 aliphatic heterocycles. The zero-order chi connectivity index (χ0) is 91.8. The van der Waals surface area contributed by atoms with E-state index in [0.29, 0.717) is 89.1 Å². The number of aryl methyl sites for hydroxylation is 2. The number of carbonyl (C=O) groups excluding carboxylic acids is 9. The Bertz CT molecular complexity index is 6920. The molecule has 0 saturated carbocycles. The molecule has 2 aromatic heterocycles. The molecule has 0 fully saturated rings. The molecule has 126 heavy (non-hydrogen) atoms. The summed E-state index contributed by atoms with van der Waals surface area (Å²) in [7, 11) is -10.2. The van der Waals surface area contributed by atoms with Crippen molar-refractivity contribution in [2.24, 2.45) is 7.05 Å². The largest absolute Gasteiger partial charge is 0.494 e. The molecule has 9 amide bonds. The van der Waals surface area contributed by atoms with Gasteiger partial charge in [0.2, 0.25) is 29.5 Å². The highest BCUT2D eigenvalue weighted by molar-refractivity contribution is 7.90. The fourth-order valence-corrected chi connectivity index (χ4v) is 20.7. The van der Waals surface area contributed by atoms with E-state index in [0.717, 1.165) is 68.2 Å². The molecule has 5 aliphatic rings. The van der Waals surface area contributed by atoms with E-state index in [2.05, 4.69) is 26.6 Å². The van der Waals surface area contributed by atoms with Crippen LogP contribution in [-0.2, 0) is 98.3 Å². The number of rotatable bonds is 10. The molecule has 1 aliphatic carbocycles. The second kappa shape index (κ2) is 37.2. The number of aromatic hydroxyl groups is 1. The molecule has 0 saturated heterocycles. The predicted octanol–water partition coefficient (Wildman–Crippen LogP) is 13.8. The van der Waals surface area contributed by atoms with Crippen LogP contribution in [0.2, 0.25) is 30.1 Å². The number of benzene rings is 9. The molecule has 9 aromatic carbocycles. The molecular weight excluding hydrogens is 1850 g/mol. The van der Waals surface area contributed by atoms with Crippen molar-refractivity contribution in [3.05, 3.63) is 291 Å². The van der Waals surface area contributed by atoms with E-state index in [4.69, 9.17) is 74.0 Å². The number of fused-ring (bicyclic) bond motifs is 7. The number of pyridine rings is 1. The average Bonchev–Trinajstić information content (AvgIpc) is 1.03. The van der Waals surface area contributed by atoms with Crippen molar-refractivity contribution in [3.8, 4) is 5.88 Å². The highest BCUT2D eigenvalue weighted by Gasteiger charge is 2.51. The molecule has 11 aromatic rings. The van der Waals surface area contributed by atoms with E-state index in [1.807, 2.05) is 12.1 Å². The standard InChI is InChI=1S/C20H19ClN2O4S.C17H13ClN2O3.C16H12Cl2N2O4S.C16H11ClF2N2O4S.C15H13ClN2O5S/c1-23-20(25)17(19(24)22-14-9-7-13(21)8-10-14)16-11-6-12-4-2-3-5-15(12)18(16)28(23,26)27;1-20-16(22)12-8-7-10(18)9-13(12)14(17(20)23)15(21)19-11-5-3-2-4-6-11;1-20-16(22)14(15(21)19-12-5-3-2-4-11(12)18)10-8-9(17)6-7-13(10)25(20,23)24;1-21-16(23)14(10-6-8(17)2-5-13(10)26(21,24)25)15(22)20-12-4-3-9(18)7-11(12)19;1-8-7-11-13(23-8)12(15(20)18(2)24(11,21)22)14(19)17-10-5-3-9(16)4-6-10/h6-11,17H,2-5H2,1H3,(H,22,24);2-9,23H,1H3,(H,19,21);2-8,14H,1H3,(H,19,21);2-7,14H,1H3,(H,20,22);3-7,12H,1-2H3,(H,17,19). The van der Waals surface area contributed by atoms with Crippen molar-refractivity contribution < 1.29 is 95.1 Å². The van der Waals surface area contributed by atoms with E-state index in [1.54, 1.807) is 122 Å². The molecule has 42 heteroatoms. The lowest BCUT2D eigenvalue weighted by Crippen LogP contribution is -2.46. The summed E-state index contributed by atoms with van der Waals surface area (Å²) in [6.07, 6.45) is 3.32. The van der Waals surface area contributed by atoms with Gasteiger partial charge in [-0.3, -0.25) is 52.5 Å². The Morgan fingerprint density at radius 1 is 0.421 bits per heavy atom. The Hall–Kier alpha value is -12.1. The molecule has 0 radical (unpaired) electrons. The summed E-state index contributed by atoms with van der Waals surface area (Å²) in [6.45, 7) is 1.55. The van der Waals surface area contributed by atoms with E-state index < -0.39 is 140 Å². The van der Waals surface area contributed by atoms with Crippen LogP contribution in [0.5, 0.6) is 5.88 Å². The quantitative estimate of drug-likeness (QED) is 0.0693. The molecule has 0 spiro atoms. The van der Waals surface area contributed by atoms with E-state index in [-0.39, 0.29) is 63.3 Å². The van der Waals surface area contributed by atoms with Gasteiger partial charge in [0.15, 0.2) is 5.92 Å². The number of sulfonamides is 4. The third-order valence-electron chi connectivity index (χ3n) is 20.4. The minimum absolute atomic E-state index is 0.00783. The topological polar surface area (TPSA) is 419 Å². The lowest BCUT2D eigenvalue weighted by atomic mass is 9.86. The number of likely N-dealkylation sites (N-methyl/N-ethyl adjacent to an activating group) is 4. The second-order valence-electron chi connectivity index (χ2n) is 28.4. The monoisotopic (exact) mass is 1910 g/mol. The number of nitrogens with zero attached hydrogens (tertiary/aromatic N) is 5. The van der Waals surface area contributed by atoms with Gasteiger partial charge in [-0.25, -0.2) is 59.7 Å². The van der Waals surface area contributed by atoms with Crippen molar-refractivity contribution in [2.45, 2.75) is 75.9 Å². The first-order valence-corrected chi connectivity index (χ1v) is 45.2. The van der Waals surface area contributed by atoms with Crippen molar-refractivity contribution >= 4 is 202 Å². The summed E-state index contributed by atoms with van der Waals surface area (Å²) in [5.41, 5.74) is 3.00. The number of carbonyl (C=O) groups is 9. The maximum atomic E-state index is 13.8. The number of aromatic nitrogens is 1. The normalized spacial score (nSPS) is 17.6. The van der Waals surface area contributed by atoms with Crippen LogP contribution in [0.3, 0.4) is 0 Å². The van der Waals surface area contributed by atoms with E-state index >= 15 is 0 Å². The van der Waals surface area contributed by atoms with Crippen LogP contribution in [0.4, 0.5) is 37.2 Å². The van der Waals surface area contributed by atoms with Gasteiger partial charge >= 0.3 is 0 Å². The Morgan fingerprint density at radius 3 is 1.39 bits per heavy atom. The van der Waals surface area contributed by atoms with Crippen molar-refractivity contribution in [3.63, 3.8) is 0 Å². The van der Waals surface area contributed by atoms with Crippen LogP contribution in [0, 0.1) is 18.6 Å². The number of amides is 9. The smallest absolute Gasteiger partial charge is 0.269 e. The van der Waals surface area contributed by atoms with Crippen LogP contribution in [0.1, 0.15) is 86.2 Å². The third kappa shape index (κ3) is 18.8. The van der Waals surface area contributed by atoms with Crippen LogP contribution >= 0.6 is 69.6 Å². The summed E-state index contributed by atoms with van der Waals surface area (Å²) in [6, 6.07) is 47.8. The lowest BCUT2D eigenvalue weighted by molar-refractivity contribution is -0.134. The second-order valence-corrected chi connectivity index (χ2v) is 38.7. The zero-order valence-corrected chi connectivity index (χ0v) is 74.0. The Labute approximate surface area is 748 Å². The molecule has 4 atom stereocenters. The van der Waals surface area contributed by atoms with Crippen LogP contribution in [0.15, 0.2) is 223 Å². The molecular formula is C84H68Cl6F2N10O20S4. The predicted molar refractivity (Wildman–Crippen MR) is 466 cm³/mol. The maximum absolute atomic E-state index is 13.8. The highest BCUT2D eigenvalue weighted by atomic mass is 35.5. The van der Waals surface area contributed by atoms with Gasteiger partial charge in [-0.05, 0) is 200 Å². The number of nitrogens with one attached hydrogen (secondary N) is 5. The molecule has 654 valence electrons. The number of halogens is 8. The van der Waals surface area contributed by atoms with Gasteiger partial charge in [0.25, 0.3) is 75.2 Å². The van der Waals surface area contributed by atoms with Gasteiger partial charge in [0, 0.05) is 100 Å². The first-order valence-electron chi connectivity index (χ1n) is 37.1. The number of hydrogen-bond donors (Lipinski definition) is 6. The Balaban J connectivity index is 0.000000143. The van der Waals surface area contributed by atoms with Gasteiger partial charge in [0.05, 0.1) is 31.1 Å². The van der Waals surface area contributed by atoms with Gasteiger partial charge < -0.3 is 36.1 Å². The molecule has 16 rings (SSSR count). The molecule has 30 nitrogen and oxygen atoms in total. The highest BCUT2D eigenvalue weighted by Crippen LogP contribution is 2.44. The molecule has 6 N–H and O–H groups in total. The lowest BCUT2D eigenvalue weighted by Gasteiger charge is -2.33. The van der Waals surface area contributed by atoms with Gasteiger partial charge in [-0.15, -0.1) is 0 Å². The zero-order valence-electron chi connectivity index (χ0n) is 66.2. The SMILES string of the molecule is CN1C(=O)C(C(=O)Nc2ccc(Cl)cc2)c2ccc3c(c2S1(=O)=O)CCCC3.CN1C(=O)C(C(=O)Nc2ccc(F)cc2F)c2cc(Cl)ccc2S1(=O)=O.CN1C(=O)C(C(=O)Nc2ccccc2Cl)c2cc(Cl)ccc2S1(=O)=O.Cc1cc2c(o1)C(C(=O)Nc1ccc(Cl)cc1)C(=O)N(C)S2(=O)=O.Cn1c(O)c(C(=O)Nc2ccccc2)c2cc(Cl)ccc2c1=O. The summed E-state index contributed by atoms with van der Waals surface area (Å²) >= 11 is 35.5. The van der Waals surface area contributed by atoms with Crippen molar-refractivity contribution in [1.29, 1.82) is 0 Å². The number of hydrogen-bond acceptors (Lipinski definition) is 20. The first-order chi connectivity index (χ1) is 59.4. The summed E-state index contributed by atoms with van der Waals surface area (Å²) < 4.78 is 136. The van der Waals surface area contributed by atoms with Gasteiger partial charge in [0.1, 0.15) is 51.4 Å². The molecule has 4 unspecified atom stereocenters. The Kier molecular flexibility index (Phi) is 27.5. The van der Waals surface area contributed by atoms with E-state index in [9.17, 15) is 95.5 Å². The van der Waals surface area contributed by atoms with Crippen molar-refractivity contribution in [2.75, 3.05) is 54.8 Å². The third-order valence-corrected chi connectivity index (χ3v) is 29.3. The van der Waals surface area contributed by atoms with Crippen molar-refractivity contribution in [1.82, 2.24) is 21.8 Å². The summed E-state index contributed by atoms with van der Waals surface area (Å²) in [4.78, 5) is 125. The summed E-state index contributed by atoms with van der Waals surface area (Å²) in [5.74, 6) is -14.6. The van der Waals surface area contributed by atoms with Crippen LogP contribution in [-0.4, -0.2) is 142 Å². The average molecular weight is 1920 g/mol. The number of para-hydroxylation sites is 2. The maximum Gasteiger partial charge on any atom is 0.269 e. The van der Waals surface area contributed by atoms with Crippen LogP contribution in [0.25, 0.3) is 10.8 Å². The van der Waals surface area contributed by atoms with Crippen LogP contribution < -0.4 is 32.1 Å². The molecule has 0 bridgehead atoms. The first kappa shape index (κ1) is 93.1. The van der Waals surface area contributed by atoms with Gasteiger partial charge in [-0.1, -0.05) is 112 Å². The summed E-state index contributed by atoms with van der Waals surface area (Å²) in [5, 5.41) is 25.6. The number of furan rings is 1. The fourth-order valence-electron chi connectivity index (χ4n) is 14.0. The number of anilines is 5. The minimum atomic E-state index is -4.12. The van der Waals surface area contributed by atoms with E-state index in [1.165, 1.54) is 62.6 Å². The Morgan fingerprint density at radius 2 is 0.857 bits per heavy atom. The van der Waals surface area contributed by atoms with Gasteiger partial charge in [-0.2, -0.15) is 0 Å². The molecule has 6 heterocycles.